The van der Waals surface area contributed by atoms with Crippen LogP contribution in [0.4, 0.5) is 0 Å². The molecule has 0 aliphatic carbocycles. The Morgan fingerprint density at radius 2 is 1.25 bits per heavy atom. The van der Waals surface area contributed by atoms with Crippen LogP contribution >= 0.6 is 0 Å². The molecule has 0 radical (unpaired) electrons. The van der Waals surface area contributed by atoms with E-state index in [4.69, 9.17) is 19.7 Å². The summed E-state index contributed by atoms with van der Waals surface area (Å²) in [6.07, 6.45) is 0. The maximum atomic E-state index is 6.26. The second kappa shape index (κ2) is 9.16. The fraction of sp³-hybridized carbons (Fsp3) is 0.0294. The minimum atomic E-state index is 0.129. The first-order chi connectivity index (χ1) is 19.7. The van der Waals surface area contributed by atoms with Crippen molar-refractivity contribution in [3.63, 3.8) is 0 Å². The van der Waals surface area contributed by atoms with Gasteiger partial charge in [0.15, 0.2) is 0 Å². The van der Waals surface area contributed by atoms with Gasteiger partial charge in [-0.15, -0.1) is 0 Å². The minimum absolute atomic E-state index is 0.129. The SMILES string of the molecule is Cc1ccc2c(n1)[se]c1c(-c3cccc(Oc4cccc(-n5c6ccccc6c6ccccc65)n4)n3)cccc12. The molecule has 0 saturated heterocycles. The number of ether oxygens (including phenoxy) is 1. The van der Waals surface area contributed by atoms with Gasteiger partial charge in [0.1, 0.15) is 0 Å². The van der Waals surface area contributed by atoms with Gasteiger partial charge >= 0.3 is 200 Å². The number of hydrogen-bond donors (Lipinski definition) is 0. The Morgan fingerprint density at radius 3 is 2.05 bits per heavy atom. The van der Waals surface area contributed by atoms with Crippen LogP contribution in [0.25, 0.3) is 58.3 Å². The van der Waals surface area contributed by atoms with Crippen molar-refractivity contribution < 1.29 is 4.74 Å². The molecule has 5 nitrogen and oxygen atoms in total. The third-order valence-electron chi connectivity index (χ3n) is 7.23. The molecule has 0 aliphatic rings. The van der Waals surface area contributed by atoms with E-state index in [0.29, 0.717) is 11.8 Å². The van der Waals surface area contributed by atoms with E-state index in [1.54, 1.807) is 0 Å². The Labute approximate surface area is 236 Å². The second-order valence-corrected chi connectivity index (χ2v) is 11.9. The van der Waals surface area contributed by atoms with E-state index in [9.17, 15) is 0 Å². The van der Waals surface area contributed by atoms with Crippen LogP contribution in [-0.2, 0) is 0 Å². The van der Waals surface area contributed by atoms with Gasteiger partial charge in [-0.05, 0) is 0 Å². The summed E-state index contributed by atoms with van der Waals surface area (Å²) in [6.45, 7) is 2.05. The average molecular weight is 582 g/mol. The number of nitrogens with zero attached hydrogens (tertiary/aromatic N) is 4. The normalized spacial score (nSPS) is 11.6. The van der Waals surface area contributed by atoms with Gasteiger partial charge in [0.05, 0.1) is 0 Å². The molecule has 3 aromatic carbocycles. The standard InChI is InChI=1S/C34H22N4OSe/c1-21-19-20-25-24-11-6-12-26(33(24)40-34(25)35-21)27-13-7-17-31(36-27)39-32-18-8-16-30(37-32)38-28-14-4-2-9-22(28)23-10-3-5-15-29(23)38/h2-20H,1H3. The van der Waals surface area contributed by atoms with E-state index >= 15 is 0 Å². The van der Waals surface area contributed by atoms with Gasteiger partial charge in [0.25, 0.3) is 0 Å². The van der Waals surface area contributed by atoms with Crippen LogP contribution in [0.1, 0.15) is 5.69 Å². The van der Waals surface area contributed by atoms with Crippen molar-refractivity contribution in [3.05, 3.63) is 121 Å². The molecule has 0 amide bonds. The van der Waals surface area contributed by atoms with Gasteiger partial charge in [0, 0.05) is 0 Å². The zero-order valence-corrected chi connectivity index (χ0v) is 23.3. The number of fused-ring (bicyclic) bond motifs is 6. The predicted octanol–water partition coefficient (Wildman–Crippen LogP) is 8.10. The number of pyridine rings is 3. The van der Waals surface area contributed by atoms with Crippen molar-refractivity contribution >= 4 is 55.7 Å². The quantitative estimate of drug-likeness (QED) is 0.197. The zero-order valence-electron chi connectivity index (χ0n) is 21.6. The Bertz CT molecular complexity index is 2180. The number of para-hydroxylation sites is 2. The Hall–Kier alpha value is -4.77. The summed E-state index contributed by atoms with van der Waals surface area (Å²) in [7, 11) is 0. The summed E-state index contributed by atoms with van der Waals surface area (Å²) in [5, 5.41) is 4.89. The number of hydrogen-bond acceptors (Lipinski definition) is 4. The third-order valence-corrected chi connectivity index (χ3v) is 9.64. The summed E-state index contributed by atoms with van der Waals surface area (Å²) in [5.74, 6) is 1.81. The number of rotatable bonds is 4. The van der Waals surface area contributed by atoms with Crippen LogP contribution < -0.4 is 4.74 Å². The van der Waals surface area contributed by atoms with Gasteiger partial charge in [-0.2, -0.15) is 0 Å². The van der Waals surface area contributed by atoms with Gasteiger partial charge in [-0.3, -0.25) is 0 Å². The molecule has 8 aromatic rings. The molecule has 190 valence electrons. The van der Waals surface area contributed by atoms with E-state index in [0.717, 1.165) is 33.8 Å². The first-order valence-electron chi connectivity index (χ1n) is 13.1. The van der Waals surface area contributed by atoms with Crippen LogP contribution in [0.3, 0.4) is 0 Å². The fourth-order valence-electron chi connectivity index (χ4n) is 5.46. The molecule has 0 atom stereocenters. The van der Waals surface area contributed by atoms with Gasteiger partial charge < -0.3 is 0 Å². The van der Waals surface area contributed by atoms with E-state index in [1.807, 2.05) is 43.3 Å². The van der Waals surface area contributed by atoms with E-state index in [-0.39, 0.29) is 14.5 Å². The van der Waals surface area contributed by atoms with Crippen molar-refractivity contribution in [2.45, 2.75) is 6.92 Å². The fourth-order valence-corrected chi connectivity index (χ4v) is 8.06. The summed E-state index contributed by atoms with van der Waals surface area (Å²) in [6, 6.07) is 39.3. The number of aryl methyl sites for hydroxylation is 1. The summed E-state index contributed by atoms with van der Waals surface area (Å²) >= 11 is 0.129. The Balaban J connectivity index is 1.19. The molecule has 40 heavy (non-hydrogen) atoms. The first-order valence-corrected chi connectivity index (χ1v) is 14.8. The average Bonchev–Trinajstić information content (AvgIpc) is 3.53. The Morgan fingerprint density at radius 1 is 0.575 bits per heavy atom. The van der Waals surface area contributed by atoms with Crippen molar-refractivity contribution in [2.24, 2.45) is 0 Å². The van der Waals surface area contributed by atoms with E-state index in [1.165, 1.54) is 30.2 Å². The molecule has 0 bridgehead atoms. The van der Waals surface area contributed by atoms with Crippen LogP contribution in [0.5, 0.6) is 11.8 Å². The van der Waals surface area contributed by atoms with Gasteiger partial charge in [-0.25, -0.2) is 0 Å². The number of aromatic nitrogens is 4. The molecule has 0 saturated carbocycles. The zero-order chi connectivity index (χ0) is 26.6. The molecule has 0 N–H and O–H groups in total. The molecule has 6 heteroatoms. The first kappa shape index (κ1) is 23.1. The van der Waals surface area contributed by atoms with Crippen molar-refractivity contribution in [1.29, 1.82) is 0 Å². The molecule has 5 aromatic heterocycles. The van der Waals surface area contributed by atoms with Gasteiger partial charge in [-0.1, -0.05) is 36.4 Å². The molecule has 8 rings (SSSR count). The molecular formula is C34H22N4OSe. The van der Waals surface area contributed by atoms with Crippen molar-refractivity contribution in [3.8, 4) is 28.8 Å². The Kier molecular flexibility index (Phi) is 5.30. The number of benzene rings is 3. The van der Waals surface area contributed by atoms with Crippen molar-refractivity contribution in [2.75, 3.05) is 0 Å². The summed E-state index contributed by atoms with van der Waals surface area (Å²) in [5.41, 5.74) is 5.29. The molecule has 0 aliphatic heterocycles. The maximum absolute atomic E-state index is 6.26. The molecule has 0 spiro atoms. The molecular weight excluding hydrogens is 559 g/mol. The second-order valence-electron chi connectivity index (χ2n) is 9.76. The molecule has 0 fully saturated rings. The predicted molar refractivity (Wildman–Crippen MR) is 163 cm³/mol. The van der Waals surface area contributed by atoms with Crippen LogP contribution in [0, 0.1) is 6.92 Å². The van der Waals surface area contributed by atoms with Gasteiger partial charge in [0.2, 0.25) is 0 Å². The monoisotopic (exact) mass is 582 g/mol. The summed E-state index contributed by atoms with van der Waals surface area (Å²) < 4.78 is 10.9. The molecule has 5 heterocycles. The molecule has 0 unspecified atom stereocenters. The van der Waals surface area contributed by atoms with Crippen molar-refractivity contribution in [1.82, 2.24) is 19.5 Å². The third kappa shape index (κ3) is 3.73. The topological polar surface area (TPSA) is 52.8 Å². The van der Waals surface area contributed by atoms with E-state index in [2.05, 4.69) is 83.4 Å². The summed E-state index contributed by atoms with van der Waals surface area (Å²) in [4.78, 5) is 14.6. The van der Waals surface area contributed by atoms with Crippen LogP contribution in [0.2, 0.25) is 0 Å². The van der Waals surface area contributed by atoms with Crippen LogP contribution in [0.15, 0.2) is 115 Å². The van der Waals surface area contributed by atoms with Crippen LogP contribution in [-0.4, -0.2) is 34.0 Å². The van der Waals surface area contributed by atoms with E-state index < -0.39 is 0 Å².